The summed E-state index contributed by atoms with van der Waals surface area (Å²) in [6.07, 6.45) is 8.17. The fraction of sp³-hybridized carbons (Fsp3) is 0.897. The molecule has 6 fully saturated rings. The predicted octanol–water partition coefficient (Wildman–Crippen LogP) is 3.78. The standard InChI is InChI=1S/C14H23NO3.C14H25NO3.CH4/c1-4-5-10(2)12(17)15-8-14-6-13(7-14,9-18-14)11(3)16;1-3-4-11(2)12(17)15-9-14-7-13(8-14,10-16)5-6-18-14;/h10H,4-9H2,1-3H3,(H,15,17);11,16H,3-10H2,1-2H3,(H,15,17);1H4. The zero-order valence-corrected chi connectivity index (χ0v) is 23.0. The number of carbonyl (C=O) groups is 3. The first-order chi connectivity index (χ1) is 17.0. The van der Waals surface area contributed by atoms with E-state index in [9.17, 15) is 19.5 Å². The maximum atomic E-state index is 11.9. The van der Waals surface area contributed by atoms with Crippen molar-refractivity contribution in [1.82, 2.24) is 10.6 Å². The molecule has 37 heavy (non-hydrogen) atoms. The SMILES string of the molecule is C.CCCC(C)C(=O)NCC12CC(C(C)=O)(CO1)C2.CCCC(C)C(=O)NCC12CC(CO)(CCO1)C2. The molecule has 6 aliphatic rings. The number of Topliss-reactive ketones (excluding diaryl/α,β-unsaturated/α-hetero) is 1. The molecule has 2 atom stereocenters. The highest BCUT2D eigenvalue weighted by Crippen LogP contribution is 2.58. The summed E-state index contributed by atoms with van der Waals surface area (Å²) in [5, 5.41) is 15.4. The lowest BCUT2D eigenvalue weighted by Crippen LogP contribution is -2.64. The van der Waals surface area contributed by atoms with Crippen LogP contribution in [0.1, 0.15) is 99.8 Å². The van der Waals surface area contributed by atoms with Gasteiger partial charge in [-0.25, -0.2) is 0 Å². The Labute approximate surface area is 224 Å². The third-order valence-electron chi connectivity index (χ3n) is 9.00. The Balaban J connectivity index is 0.000000253. The highest BCUT2D eigenvalue weighted by Gasteiger charge is 2.64. The minimum Gasteiger partial charge on any atom is -0.396 e. The molecular weight excluding hydrogens is 472 g/mol. The molecule has 4 heterocycles. The maximum absolute atomic E-state index is 11.9. The Bertz CT molecular complexity index is 800. The van der Waals surface area contributed by atoms with Gasteiger partial charge in [-0.15, -0.1) is 0 Å². The van der Waals surface area contributed by atoms with Crippen LogP contribution >= 0.6 is 0 Å². The number of amides is 2. The van der Waals surface area contributed by atoms with Crippen LogP contribution in [0.4, 0.5) is 0 Å². The minimum absolute atomic E-state index is 0. The summed E-state index contributed by atoms with van der Waals surface area (Å²) in [5.41, 5.74) is -0.604. The Kier molecular flexibility index (Phi) is 10.8. The van der Waals surface area contributed by atoms with E-state index in [0.717, 1.165) is 57.8 Å². The summed E-state index contributed by atoms with van der Waals surface area (Å²) in [6, 6.07) is 0. The van der Waals surface area contributed by atoms with Gasteiger partial charge in [0.25, 0.3) is 0 Å². The number of aliphatic hydroxyl groups excluding tert-OH is 1. The van der Waals surface area contributed by atoms with E-state index in [-0.39, 0.29) is 65.5 Å². The molecule has 2 aliphatic carbocycles. The van der Waals surface area contributed by atoms with Crippen LogP contribution in [0.5, 0.6) is 0 Å². The van der Waals surface area contributed by atoms with E-state index in [0.29, 0.717) is 26.3 Å². The van der Waals surface area contributed by atoms with Crippen LogP contribution in [-0.2, 0) is 23.9 Å². The second-order valence-electron chi connectivity index (χ2n) is 12.3. The van der Waals surface area contributed by atoms with Crippen molar-refractivity contribution >= 4 is 17.6 Å². The average molecular weight is 525 g/mol. The van der Waals surface area contributed by atoms with E-state index in [1.165, 1.54) is 0 Å². The van der Waals surface area contributed by atoms with Gasteiger partial charge in [-0.2, -0.15) is 0 Å². The normalized spacial score (nSPS) is 34.3. The van der Waals surface area contributed by atoms with Gasteiger partial charge in [-0.3, -0.25) is 14.4 Å². The Morgan fingerprint density at radius 2 is 1.35 bits per heavy atom. The average Bonchev–Trinajstić information content (AvgIpc) is 3.39. The van der Waals surface area contributed by atoms with Gasteiger partial charge in [0.1, 0.15) is 5.78 Å². The van der Waals surface area contributed by atoms with Gasteiger partial charge in [-0.05, 0) is 51.9 Å². The van der Waals surface area contributed by atoms with Crippen molar-refractivity contribution in [3.05, 3.63) is 0 Å². The molecule has 8 nitrogen and oxygen atoms in total. The summed E-state index contributed by atoms with van der Waals surface area (Å²) in [5.74, 6) is 0.591. The largest absolute Gasteiger partial charge is 0.396 e. The molecule has 2 saturated carbocycles. The van der Waals surface area contributed by atoms with E-state index in [2.05, 4.69) is 24.5 Å². The number of hydrogen-bond acceptors (Lipinski definition) is 6. The van der Waals surface area contributed by atoms with Crippen molar-refractivity contribution in [2.24, 2.45) is 22.7 Å². The molecule has 4 aliphatic heterocycles. The first-order valence-electron chi connectivity index (χ1n) is 13.9. The molecule has 8 heteroatoms. The van der Waals surface area contributed by atoms with Gasteiger partial charge in [0.15, 0.2) is 0 Å². The molecule has 2 unspecified atom stereocenters. The number of carbonyl (C=O) groups excluding carboxylic acids is 3. The van der Waals surface area contributed by atoms with Crippen molar-refractivity contribution in [3.8, 4) is 0 Å². The van der Waals surface area contributed by atoms with Crippen LogP contribution in [0.15, 0.2) is 0 Å². The van der Waals surface area contributed by atoms with Crippen molar-refractivity contribution in [2.45, 2.75) is 111 Å². The van der Waals surface area contributed by atoms with Gasteiger partial charge in [-0.1, -0.05) is 48.0 Å². The second kappa shape index (κ2) is 12.6. The molecule has 0 aromatic rings. The van der Waals surface area contributed by atoms with E-state index >= 15 is 0 Å². The van der Waals surface area contributed by atoms with Crippen LogP contribution in [0.2, 0.25) is 0 Å². The first-order valence-corrected chi connectivity index (χ1v) is 13.9. The van der Waals surface area contributed by atoms with E-state index in [1.54, 1.807) is 6.92 Å². The number of aliphatic hydroxyl groups is 1. The van der Waals surface area contributed by atoms with Crippen molar-refractivity contribution in [2.75, 3.05) is 32.9 Å². The Hall–Kier alpha value is -1.51. The highest BCUT2D eigenvalue weighted by molar-refractivity contribution is 5.85. The minimum atomic E-state index is -0.257. The quantitative estimate of drug-likeness (QED) is 0.358. The topological polar surface area (TPSA) is 114 Å². The number of hydrogen-bond donors (Lipinski definition) is 3. The fourth-order valence-electron chi connectivity index (χ4n) is 6.62. The molecule has 214 valence electrons. The third kappa shape index (κ3) is 6.93. The Morgan fingerprint density at radius 3 is 1.76 bits per heavy atom. The number of rotatable bonds is 12. The van der Waals surface area contributed by atoms with E-state index < -0.39 is 0 Å². The number of ether oxygens (including phenoxy) is 2. The molecule has 6 rings (SSSR count). The Morgan fingerprint density at radius 1 is 0.865 bits per heavy atom. The molecule has 3 N–H and O–H groups in total. The lowest BCUT2D eigenvalue weighted by atomic mass is 9.56. The molecule has 2 amide bonds. The van der Waals surface area contributed by atoms with Gasteiger partial charge in [0.2, 0.25) is 11.8 Å². The molecule has 0 aromatic heterocycles. The van der Waals surface area contributed by atoms with Crippen molar-refractivity contribution in [1.29, 1.82) is 0 Å². The predicted molar refractivity (Wildman–Crippen MR) is 144 cm³/mol. The molecule has 4 bridgehead atoms. The smallest absolute Gasteiger partial charge is 0.222 e. The molecular formula is C29H52N2O6. The monoisotopic (exact) mass is 524 g/mol. The van der Waals surface area contributed by atoms with Gasteiger partial charge < -0.3 is 25.2 Å². The fourth-order valence-corrected chi connectivity index (χ4v) is 6.62. The molecule has 0 radical (unpaired) electrons. The third-order valence-corrected chi connectivity index (χ3v) is 9.00. The zero-order chi connectivity index (χ0) is 26.6. The highest BCUT2D eigenvalue weighted by atomic mass is 16.5. The number of nitrogens with one attached hydrogen (secondary N) is 2. The maximum Gasteiger partial charge on any atom is 0.222 e. The van der Waals surface area contributed by atoms with Gasteiger partial charge in [0, 0.05) is 43.6 Å². The van der Waals surface area contributed by atoms with Crippen LogP contribution in [0.25, 0.3) is 0 Å². The summed E-state index contributed by atoms with van der Waals surface area (Å²) in [7, 11) is 0. The van der Waals surface area contributed by atoms with Crippen molar-refractivity contribution in [3.63, 3.8) is 0 Å². The van der Waals surface area contributed by atoms with Crippen LogP contribution in [-0.4, -0.2) is 66.8 Å². The molecule has 0 aromatic carbocycles. The lowest BCUT2D eigenvalue weighted by Gasteiger charge is -2.59. The van der Waals surface area contributed by atoms with Crippen LogP contribution < -0.4 is 10.6 Å². The van der Waals surface area contributed by atoms with Crippen molar-refractivity contribution < 1.29 is 29.0 Å². The molecule has 4 saturated heterocycles. The number of fused-ring (bicyclic) bond motifs is 3. The second-order valence-corrected chi connectivity index (χ2v) is 12.3. The lowest BCUT2D eigenvalue weighted by molar-refractivity contribution is -0.233. The van der Waals surface area contributed by atoms with Crippen LogP contribution in [0.3, 0.4) is 0 Å². The summed E-state index contributed by atoms with van der Waals surface area (Å²) >= 11 is 0. The van der Waals surface area contributed by atoms with Gasteiger partial charge >= 0.3 is 0 Å². The van der Waals surface area contributed by atoms with Crippen LogP contribution in [0, 0.1) is 22.7 Å². The number of ketones is 1. The van der Waals surface area contributed by atoms with E-state index in [1.807, 2.05) is 13.8 Å². The molecule has 0 spiro atoms. The summed E-state index contributed by atoms with van der Waals surface area (Å²) < 4.78 is 11.6. The first kappa shape index (κ1) is 31.7. The van der Waals surface area contributed by atoms with Gasteiger partial charge in [0.05, 0.1) is 23.2 Å². The summed E-state index contributed by atoms with van der Waals surface area (Å²) in [4.78, 5) is 35.2. The zero-order valence-electron chi connectivity index (χ0n) is 23.0. The van der Waals surface area contributed by atoms with E-state index in [4.69, 9.17) is 9.47 Å². The summed E-state index contributed by atoms with van der Waals surface area (Å²) in [6.45, 7) is 12.4.